The van der Waals surface area contributed by atoms with Gasteiger partial charge in [0.15, 0.2) is 0 Å². The summed E-state index contributed by atoms with van der Waals surface area (Å²) in [4.78, 5) is 2.28. The lowest BCUT2D eigenvalue weighted by molar-refractivity contribution is 0.219. The van der Waals surface area contributed by atoms with Crippen molar-refractivity contribution in [2.75, 3.05) is 20.6 Å². The van der Waals surface area contributed by atoms with Gasteiger partial charge in [0.2, 0.25) is 0 Å². The Morgan fingerprint density at radius 2 is 2.06 bits per heavy atom. The van der Waals surface area contributed by atoms with Gasteiger partial charge in [-0.1, -0.05) is 13.8 Å². The molecule has 0 saturated carbocycles. The Bertz CT molecular complexity index is 271. The van der Waals surface area contributed by atoms with E-state index in [1.165, 1.54) is 0 Å². The third kappa shape index (κ3) is 3.61. The molecular formula is C12H24N4. The van der Waals surface area contributed by atoms with Gasteiger partial charge in [-0.3, -0.25) is 5.10 Å². The van der Waals surface area contributed by atoms with Gasteiger partial charge in [0.05, 0.1) is 5.69 Å². The lowest BCUT2D eigenvalue weighted by atomic mass is 10.0. The molecule has 0 amide bonds. The maximum atomic E-state index is 3.97. The molecule has 0 spiro atoms. The van der Waals surface area contributed by atoms with E-state index in [2.05, 4.69) is 55.3 Å². The minimum Gasteiger partial charge on any atom is -0.307 e. The number of hydrogen-bond acceptors (Lipinski definition) is 3. The molecule has 0 aliphatic heterocycles. The average Bonchev–Trinajstić information content (AvgIpc) is 2.69. The van der Waals surface area contributed by atoms with Crippen LogP contribution in [-0.4, -0.2) is 41.8 Å². The van der Waals surface area contributed by atoms with E-state index < -0.39 is 0 Å². The van der Waals surface area contributed by atoms with E-state index in [4.69, 9.17) is 0 Å². The fourth-order valence-corrected chi connectivity index (χ4v) is 1.93. The largest absolute Gasteiger partial charge is 0.307 e. The van der Waals surface area contributed by atoms with Crippen LogP contribution in [0.5, 0.6) is 0 Å². The summed E-state index contributed by atoms with van der Waals surface area (Å²) in [5.41, 5.74) is 1.14. The zero-order chi connectivity index (χ0) is 12.1. The van der Waals surface area contributed by atoms with Crippen molar-refractivity contribution in [3.63, 3.8) is 0 Å². The van der Waals surface area contributed by atoms with Crippen LogP contribution >= 0.6 is 0 Å². The molecule has 16 heavy (non-hydrogen) atoms. The average molecular weight is 224 g/mol. The van der Waals surface area contributed by atoms with Crippen molar-refractivity contribution >= 4 is 0 Å². The minimum atomic E-state index is 0.323. The smallest absolute Gasteiger partial charge is 0.0518 e. The molecule has 4 nitrogen and oxygen atoms in total. The number of hydrogen-bond donors (Lipinski definition) is 2. The summed E-state index contributed by atoms with van der Waals surface area (Å²) >= 11 is 0. The van der Waals surface area contributed by atoms with E-state index in [9.17, 15) is 0 Å². The molecule has 2 unspecified atom stereocenters. The molecule has 0 aliphatic carbocycles. The molecule has 1 aromatic rings. The zero-order valence-electron chi connectivity index (χ0n) is 11.0. The molecule has 1 heterocycles. The highest BCUT2D eigenvalue weighted by Gasteiger charge is 2.16. The Balaban J connectivity index is 2.43. The monoisotopic (exact) mass is 224 g/mol. The highest BCUT2D eigenvalue weighted by Crippen LogP contribution is 2.10. The predicted molar refractivity (Wildman–Crippen MR) is 67.3 cm³/mol. The van der Waals surface area contributed by atoms with E-state index in [-0.39, 0.29) is 0 Å². The van der Waals surface area contributed by atoms with Crippen LogP contribution in [-0.2, 0) is 0 Å². The number of nitrogens with zero attached hydrogens (tertiary/aromatic N) is 2. The first-order chi connectivity index (χ1) is 7.52. The molecule has 2 atom stereocenters. The van der Waals surface area contributed by atoms with Crippen LogP contribution in [0.25, 0.3) is 0 Å². The molecule has 2 N–H and O–H groups in total. The van der Waals surface area contributed by atoms with E-state index in [1.54, 1.807) is 6.20 Å². The number of rotatable bonds is 6. The van der Waals surface area contributed by atoms with Gasteiger partial charge in [-0.2, -0.15) is 5.10 Å². The molecular weight excluding hydrogens is 200 g/mol. The molecule has 0 radical (unpaired) electrons. The summed E-state index contributed by atoms with van der Waals surface area (Å²) in [6.07, 6.45) is 1.79. The van der Waals surface area contributed by atoms with Gasteiger partial charge < -0.3 is 10.2 Å². The summed E-state index contributed by atoms with van der Waals surface area (Å²) in [6, 6.07) is 2.90. The van der Waals surface area contributed by atoms with E-state index in [0.717, 1.165) is 12.2 Å². The van der Waals surface area contributed by atoms with Crippen LogP contribution in [0, 0.1) is 5.92 Å². The Kier molecular flexibility index (Phi) is 4.96. The first-order valence-electron chi connectivity index (χ1n) is 5.91. The normalized spacial score (nSPS) is 15.7. The lowest BCUT2D eigenvalue weighted by Crippen LogP contribution is -2.42. The number of aromatic nitrogens is 2. The summed E-state index contributed by atoms with van der Waals surface area (Å²) in [5, 5.41) is 10.5. The van der Waals surface area contributed by atoms with Crippen molar-refractivity contribution < 1.29 is 0 Å². The summed E-state index contributed by atoms with van der Waals surface area (Å²) in [7, 11) is 4.26. The molecule has 0 aromatic carbocycles. The minimum absolute atomic E-state index is 0.323. The molecule has 0 saturated heterocycles. The first kappa shape index (κ1) is 13.2. The lowest BCUT2D eigenvalue weighted by Gasteiger charge is -2.29. The Hall–Kier alpha value is -0.870. The third-order valence-corrected chi connectivity index (χ3v) is 3.05. The quantitative estimate of drug-likeness (QED) is 0.772. The van der Waals surface area contributed by atoms with Gasteiger partial charge in [-0.25, -0.2) is 0 Å². The van der Waals surface area contributed by atoms with Gasteiger partial charge >= 0.3 is 0 Å². The predicted octanol–water partition coefficient (Wildman–Crippen LogP) is 1.65. The molecule has 4 heteroatoms. The number of H-pyrrole nitrogens is 1. The highest BCUT2D eigenvalue weighted by atomic mass is 15.1. The van der Waals surface area contributed by atoms with Gasteiger partial charge in [-0.15, -0.1) is 0 Å². The third-order valence-electron chi connectivity index (χ3n) is 3.05. The second-order valence-electron chi connectivity index (χ2n) is 4.92. The first-order valence-corrected chi connectivity index (χ1v) is 5.91. The summed E-state index contributed by atoms with van der Waals surface area (Å²) in [5.74, 6) is 0.650. The van der Waals surface area contributed by atoms with Crippen LogP contribution in [0.1, 0.15) is 32.5 Å². The summed E-state index contributed by atoms with van der Waals surface area (Å²) in [6.45, 7) is 7.66. The topological polar surface area (TPSA) is 44.0 Å². The fourth-order valence-electron chi connectivity index (χ4n) is 1.93. The van der Waals surface area contributed by atoms with Crippen molar-refractivity contribution in [2.45, 2.75) is 32.9 Å². The number of aromatic amines is 1. The Labute approximate surface area is 98.4 Å². The highest BCUT2D eigenvalue weighted by molar-refractivity contribution is 5.03. The van der Waals surface area contributed by atoms with Crippen LogP contribution < -0.4 is 5.32 Å². The number of likely N-dealkylation sites (N-methyl/N-ethyl adjacent to an activating group) is 1. The van der Waals surface area contributed by atoms with Gasteiger partial charge in [0.25, 0.3) is 0 Å². The Morgan fingerprint density at radius 1 is 1.38 bits per heavy atom. The van der Waals surface area contributed by atoms with Crippen LogP contribution in [0.2, 0.25) is 0 Å². The summed E-state index contributed by atoms with van der Waals surface area (Å²) < 4.78 is 0. The Morgan fingerprint density at radius 3 is 2.50 bits per heavy atom. The zero-order valence-corrected chi connectivity index (χ0v) is 11.0. The van der Waals surface area contributed by atoms with Crippen molar-refractivity contribution in [3.8, 4) is 0 Å². The van der Waals surface area contributed by atoms with Gasteiger partial charge in [0.1, 0.15) is 0 Å². The molecule has 0 fully saturated rings. The van der Waals surface area contributed by atoms with Crippen molar-refractivity contribution in [3.05, 3.63) is 18.0 Å². The second-order valence-corrected chi connectivity index (χ2v) is 4.92. The van der Waals surface area contributed by atoms with Crippen molar-refractivity contribution in [1.29, 1.82) is 0 Å². The maximum Gasteiger partial charge on any atom is 0.0518 e. The fraction of sp³-hybridized carbons (Fsp3) is 0.750. The maximum absolute atomic E-state index is 3.97. The van der Waals surface area contributed by atoms with Gasteiger partial charge in [-0.05, 0) is 33.0 Å². The van der Waals surface area contributed by atoms with Crippen LogP contribution in [0.3, 0.4) is 0 Å². The standard InChI is InChI=1S/C12H24N4/c1-9(2)12(16(4)5)8-13-10(3)11-6-7-14-15-11/h6-7,9-10,12-13H,8H2,1-5H3,(H,14,15). The molecule has 0 aliphatic rings. The second kappa shape index (κ2) is 6.01. The van der Waals surface area contributed by atoms with Crippen LogP contribution in [0.4, 0.5) is 0 Å². The molecule has 1 aromatic heterocycles. The van der Waals surface area contributed by atoms with Crippen molar-refractivity contribution in [1.82, 2.24) is 20.4 Å². The van der Waals surface area contributed by atoms with E-state index >= 15 is 0 Å². The van der Waals surface area contributed by atoms with Crippen LogP contribution in [0.15, 0.2) is 12.3 Å². The molecule has 0 bridgehead atoms. The van der Waals surface area contributed by atoms with Crippen molar-refractivity contribution in [2.24, 2.45) is 5.92 Å². The number of nitrogens with one attached hydrogen (secondary N) is 2. The molecule has 92 valence electrons. The molecule has 1 rings (SSSR count). The van der Waals surface area contributed by atoms with E-state index in [0.29, 0.717) is 18.0 Å². The van der Waals surface area contributed by atoms with E-state index in [1.807, 2.05) is 6.07 Å². The SMILES string of the molecule is CC(NCC(C(C)C)N(C)C)c1ccn[nH]1. The van der Waals surface area contributed by atoms with Gasteiger partial charge in [0, 0.05) is 24.8 Å².